The third-order valence-corrected chi connectivity index (χ3v) is 4.73. The highest BCUT2D eigenvalue weighted by Gasteiger charge is 2.28. The number of likely N-dealkylation sites (tertiary alicyclic amines) is 1. The van der Waals surface area contributed by atoms with Gasteiger partial charge >= 0.3 is 0 Å². The molecule has 0 radical (unpaired) electrons. The molecule has 0 unspecified atom stereocenters. The van der Waals surface area contributed by atoms with E-state index < -0.39 is 0 Å². The second kappa shape index (κ2) is 8.27. The molecule has 2 amide bonds. The summed E-state index contributed by atoms with van der Waals surface area (Å²) in [6.07, 6.45) is 4.14. The van der Waals surface area contributed by atoms with Crippen molar-refractivity contribution in [2.24, 2.45) is 5.92 Å². The van der Waals surface area contributed by atoms with Crippen molar-refractivity contribution in [2.45, 2.75) is 19.8 Å². The van der Waals surface area contributed by atoms with Gasteiger partial charge in [0.15, 0.2) is 5.75 Å². The summed E-state index contributed by atoms with van der Waals surface area (Å²) in [6.45, 7) is 3.40. The highest BCUT2D eigenvalue weighted by Crippen LogP contribution is 2.33. The Kier molecular flexibility index (Phi) is 5.83. The summed E-state index contributed by atoms with van der Waals surface area (Å²) < 4.78 is 10.5. The molecule has 0 spiro atoms. The quantitative estimate of drug-likeness (QED) is 0.861. The van der Waals surface area contributed by atoms with Crippen LogP contribution in [0.5, 0.6) is 5.75 Å². The van der Waals surface area contributed by atoms with Crippen LogP contribution < -0.4 is 10.1 Å². The van der Waals surface area contributed by atoms with Gasteiger partial charge in [-0.3, -0.25) is 9.59 Å². The zero-order chi connectivity index (χ0) is 18.5. The number of furan rings is 1. The molecule has 138 valence electrons. The lowest BCUT2D eigenvalue weighted by Crippen LogP contribution is -2.41. The summed E-state index contributed by atoms with van der Waals surface area (Å²) in [5.41, 5.74) is 1.11. The molecule has 1 aliphatic rings. The van der Waals surface area contributed by atoms with Gasteiger partial charge in [-0.15, -0.1) is 0 Å². The smallest absolute Gasteiger partial charge is 0.257 e. The molecule has 1 aliphatic heterocycles. The number of para-hydroxylation sites is 1. The van der Waals surface area contributed by atoms with Gasteiger partial charge in [0.1, 0.15) is 6.26 Å². The summed E-state index contributed by atoms with van der Waals surface area (Å²) in [5.74, 6) is 0.184. The molecule has 2 heterocycles. The highest BCUT2D eigenvalue weighted by molar-refractivity contribution is 6.32. The van der Waals surface area contributed by atoms with E-state index in [1.165, 1.54) is 12.5 Å². The molecule has 0 aliphatic carbocycles. The van der Waals surface area contributed by atoms with E-state index in [0.29, 0.717) is 54.6 Å². The Labute approximate surface area is 157 Å². The number of hydrogen-bond donors (Lipinski definition) is 1. The lowest BCUT2D eigenvalue weighted by atomic mass is 9.95. The molecule has 1 N–H and O–H groups in total. The third-order valence-electron chi connectivity index (χ3n) is 4.43. The highest BCUT2D eigenvalue weighted by atomic mass is 35.5. The van der Waals surface area contributed by atoms with E-state index in [0.717, 1.165) is 0 Å². The van der Waals surface area contributed by atoms with E-state index in [4.69, 9.17) is 20.8 Å². The Morgan fingerprint density at radius 3 is 2.73 bits per heavy atom. The fourth-order valence-corrected chi connectivity index (χ4v) is 3.28. The Morgan fingerprint density at radius 2 is 2.08 bits per heavy atom. The number of nitrogens with one attached hydrogen (secondary N) is 1. The molecule has 0 saturated carbocycles. The summed E-state index contributed by atoms with van der Waals surface area (Å²) in [6, 6.07) is 6.91. The largest absolute Gasteiger partial charge is 0.490 e. The molecule has 1 aromatic heterocycles. The summed E-state index contributed by atoms with van der Waals surface area (Å²) in [5, 5.41) is 3.37. The first-order chi connectivity index (χ1) is 12.6. The number of ether oxygens (including phenoxy) is 1. The zero-order valence-corrected chi connectivity index (χ0v) is 15.3. The number of carbonyl (C=O) groups is 2. The maximum absolute atomic E-state index is 12.6. The van der Waals surface area contributed by atoms with Crippen molar-refractivity contribution in [1.29, 1.82) is 0 Å². The maximum atomic E-state index is 12.6. The summed E-state index contributed by atoms with van der Waals surface area (Å²) in [7, 11) is 0. The van der Waals surface area contributed by atoms with Crippen molar-refractivity contribution in [3.63, 3.8) is 0 Å². The Bertz CT molecular complexity index is 768. The van der Waals surface area contributed by atoms with Crippen LogP contribution in [0.1, 0.15) is 30.1 Å². The molecule has 7 heteroatoms. The van der Waals surface area contributed by atoms with Crippen LogP contribution in [0.25, 0.3) is 0 Å². The minimum atomic E-state index is -0.156. The second-order valence-electron chi connectivity index (χ2n) is 6.12. The second-order valence-corrected chi connectivity index (χ2v) is 6.52. The first-order valence-corrected chi connectivity index (χ1v) is 9.01. The van der Waals surface area contributed by atoms with E-state index >= 15 is 0 Å². The average Bonchev–Trinajstić information content (AvgIpc) is 3.19. The van der Waals surface area contributed by atoms with Gasteiger partial charge in [-0.25, -0.2) is 0 Å². The van der Waals surface area contributed by atoms with Crippen LogP contribution >= 0.6 is 11.6 Å². The zero-order valence-electron chi connectivity index (χ0n) is 14.5. The number of amides is 2. The van der Waals surface area contributed by atoms with Crippen molar-refractivity contribution in [3.8, 4) is 5.75 Å². The molecule has 1 saturated heterocycles. The van der Waals surface area contributed by atoms with E-state index in [9.17, 15) is 9.59 Å². The minimum Gasteiger partial charge on any atom is -0.490 e. The van der Waals surface area contributed by atoms with Gasteiger partial charge < -0.3 is 19.4 Å². The Hall–Kier alpha value is -2.47. The van der Waals surface area contributed by atoms with Crippen LogP contribution in [0.3, 0.4) is 0 Å². The van der Waals surface area contributed by atoms with E-state index in [2.05, 4.69) is 5.32 Å². The lowest BCUT2D eigenvalue weighted by molar-refractivity contribution is -0.121. The van der Waals surface area contributed by atoms with Crippen molar-refractivity contribution < 1.29 is 18.7 Å². The van der Waals surface area contributed by atoms with Crippen LogP contribution in [-0.4, -0.2) is 36.4 Å². The predicted octanol–water partition coefficient (Wildman–Crippen LogP) is 3.82. The molecule has 6 nitrogen and oxygen atoms in total. The molecule has 2 aromatic rings. The van der Waals surface area contributed by atoms with Gasteiger partial charge in [0.2, 0.25) is 5.91 Å². The van der Waals surface area contributed by atoms with Crippen LogP contribution in [0.4, 0.5) is 5.69 Å². The van der Waals surface area contributed by atoms with Gasteiger partial charge in [0.05, 0.1) is 29.1 Å². The van der Waals surface area contributed by atoms with Gasteiger partial charge in [-0.1, -0.05) is 17.7 Å². The average molecular weight is 377 g/mol. The molecule has 26 heavy (non-hydrogen) atoms. The Balaban J connectivity index is 1.59. The Morgan fingerprint density at radius 1 is 1.31 bits per heavy atom. The van der Waals surface area contributed by atoms with E-state index in [-0.39, 0.29) is 17.7 Å². The van der Waals surface area contributed by atoms with Crippen molar-refractivity contribution in [3.05, 3.63) is 47.4 Å². The molecular formula is C19H21ClN2O4. The normalized spacial score (nSPS) is 14.9. The van der Waals surface area contributed by atoms with Gasteiger partial charge in [-0.2, -0.15) is 0 Å². The molecule has 1 aromatic carbocycles. The van der Waals surface area contributed by atoms with Crippen LogP contribution in [0, 0.1) is 5.92 Å². The first kappa shape index (κ1) is 18.3. The number of anilines is 1. The monoisotopic (exact) mass is 376 g/mol. The minimum absolute atomic E-state index is 0.0638. The van der Waals surface area contributed by atoms with Crippen LogP contribution in [-0.2, 0) is 4.79 Å². The van der Waals surface area contributed by atoms with E-state index in [1.807, 2.05) is 6.92 Å². The topological polar surface area (TPSA) is 71.8 Å². The summed E-state index contributed by atoms with van der Waals surface area (Å²) >= 11 is 6.15. The molecule has 0 atom stereocenters. The van der Waals surface area contributed by atoms with Crippen molar-refractivity contribution in [1.82, 2.24) is 4.90 Å². The molecule has 1 fully saturated rings. The van der Waals surface area contributed by atoms with Crippen LogP contribution in [0.15, 0.2) is 41.2 Å². The summed E-state index contributed by atoms with van der Waals surface area (Å²) in [4.78, 5) is 26.7. The SMILES string of the molecule is CCOc1c(Cl)cccc1NC(=O)C1CCN(C(=O)c2ccoc2)CC1. The molecule has 0 bridgehead atoms. The number of carbonyl (C=O) groups excluding carboxylic acids is 2. The fraction of sp³-hybridized carbons (Fsp3) is 0.368. The predicted molar refractivity (Wildman–Crippen MR) is 98.6 cm³/mol. The number of benzene rings is 1. The maximum Gasteiger partial charge on any atom is 0.257 e. The van der Waals surface area contributed by atoms with Gasteiger partial charge in [0.25, 0.3) is 5.91 Å². The third kappa shape index (κ3) is 4.02. The molecular weight excluding hydrogens is 356 g/mol. The number of nitrogens with zero attached hydrogens (tertiary/aromatic N) is 1. The number of piperidine rings is 1. The number of rotatable bonds is 5. The fourth-order valence-electron chi connectivity index (χ4n) is 3.05. The standard InChI is InChI=1S/C19H21ClN2O4/c1-2-26-17-15(20)4-3-5-16(17)21-18(23)13-6-9-22(10-7-13)19(24)14-8-11-25-12-14/h3-5,8,11-13H,2,6-7,9-10H2,1H3,(H,21,23). The molecule has 3 rings (SSSR count). The number of halogens is 1. The van der Waals surface area contributed by atoms with E-state index in [1.54, 1.807) is 29.2 Å². The lowest BCUT2D eigenvalue weighted by Gasteiger charge is -2.31. The van der Waals surface area contributed by atoms with Crippen molar-refractivity contribution >= 4 is 29.1 Å². The van der Waals surface area contributed by atoms with Crippen molar-refractivity contribution in [2.75, 3.05) is 25.0 Å². The van der Waals surface area contributed by atoms with Gasteiger partial charge in [0, 0.05) is 19.0 Å². The first-order valence-electron chi connectivity index (χ1n) is 8.63. The van der Waals surface area contributed by atoms with Gasteiger partial charge in [-0.05, 0) is 38.0 Å². The van der Waals surface area contributed by atoms with Crippen LogP contribution in [0.2, 0.25) is 5.02 Å². The number of hydrogen-bond acceptors (Lipinski definition) is 4.